The normalized spacial score (nSPS) is 10.9. The van der Waals surface area contributed by atoms with Gasteiger partial charge in [0.05, 0.1) is 6.61 Å². The van der Waals surface area contributed by atoms with Crippen molar-refractivity contribution in [3.05, 3.63) is 123 Å². The molecule has 0 bridgehead atoms. The van der Waals surface area contributed by atoms with Gasteiger partial charge in [0, 0.05) is 15.7 Å². The summed E-state index contributed by atoms with van der Waals surface area (Å²) in [5.41, 5.74) is 3.00. The molecule has 1 N–H and O–H groups in total. The Morgan fingerprint density at radius 2 is 1.57 bits per heavy atom. The average Bonchev–Trinajstić information content (AvgIpc) is 2.96. The van der Waals surface area contributed by atoms with Gasteiger partial charge in [0.15, 0.2) is 11.5 Å². The first-order chi connectivity index (χ1) is 19.4. The Labute approximate surface area is 243 Å². The summed E-state index contributed by atoms with van der Waals surface area (Å²) < 4.78 is 17.5. The fourth-order valence-electron chi connectivity index (χ4n) is 3.69. The molecular weight excluding hydrogens is 547 g/mol. The number of carbonyl (C=O) groups is 1. The minimum absolute atomic E-state index is 0.0573. The minimum atomic E-state index is -0.531. The molecule has 8 heteroatoms. The van der Waals surface area contributed by atoms with Crippen molar-refractivity contribution in [3.63, 3.8) is 0 Å². The van der Waals surface area contributed by atoms with Crippen LogP contribution in [-0.4, -0.2) is 12.5 Å². The maximum absolute atomic E-state index is 12.8. The summed E-state index contributed by atoms with van der Waals surface area (Å²) in [5.74, 6) is 1.16. The van der Waals surface area contributed by atoms with E-state index in [2.05, 4.69) is 5.32 Å². The number of hydrogen-bond acceptors (Lipinski definition) is 5. The Bertz CT molecular complexity index is 1530. The second-order valence-electron chi connectivity index (χ2n) is 8.62. The van der Waals surface area contributed by atoms with E-state index in [-0.39, 0.29) is 5.57 Å². The van der Waals surface area contributed by atoms with Crippen molar-refractivity contribution in [1.82, 2.24) is 0 Å². The van der Waals surface area contributed by atoms with Crippen molar-refractivity contribution in [1.29, 1.82) is 5.26 Å². The van der Waals surface area contributed by atoms with E-state index in [1.807, 2.05) is 55.5 Å². The third kappa shape index (κ3) is 8.28. The largest absolute Gasteiger partial charge is 0.490 e. The highest BCUT2D eigenvalue weighted by Gasteiger charge is 2.12. The molecule has 0 fully saturated rings. The number of amides is 1. The summed E-state index contributed by atoms with van der Waals surface area (Å²) in [6.45, 7) is 2.99. The predicted molar refractivity (Wildman–Crippen MR) is 158 cm³/mol. The van der Waals surface area contributed by atoms with Crippen molar-refractivity contribution in [2.45, 2.75) is 20.1 Å². The van der Waals surface area contributed by atoms with E-state index in [4.69, 9.17) is 37.4 Å². The van der Waals surface area contributed by atoms with Crippen LogP contribution in [0.3, 0.4) is 0 Å². The first kappa shape index (κ1) is 28.6. The van der Waals surface area contributed by atoms with Gasteiger partial charge in [-0.15, -0.1) is 0 Å². The highest BCUT2D eigenvalue weighted by molar-refractivity contribution is 6.30. The molecule has 202 valence electrons. The van der Waals surface area contributed by atoms with Gasteiger partial charge in [0.1, 0.15) is 30.6 Å². The second kappa shape index (κ2) is 14.1. The number of carbonyl (C=O) groups excluding carboxylic acids is 1. The van der Waals surface area contributed by atoms with Gasteiger partial charge in [0.25, 0.3) is 5.91 Å². The monoisotopic (exact) mass is 572 g/mol. The van der Waals surface area contributed by atoms with Crippen LogP contribution in [0.25, 0.3) is 6.08 Å². The third-order valence-electron chi connectivity index (χ3n) is 5.66. The molecule has 6 nitrogen and oxygen atoms in total. The van der Waals surface area contributed by atoms with Gasteiger partial charge >= 0.3 is 0 Å². The van der Waals surface area contributed by atoms with Crippen molar-refractivity contribution < 1.29 is 19.0 Å². The lowest BCUT2D eigenvalue weighted by Crippen LogP contribution is -2.13. The molecule has 0 saturated heterocycles. The van der Waals surface area contributed by atoms with E-state index < -0.39 is 5.91 Å². The summed E-state index contributed by atoms with van der Waals surface area (Å²) in [7, 11) is 0. The molecule has 1 amide bonds. The maximum Gasteiger partial charge on any atom is 0.266 e. The molecule has 0 aliphatic heterocycles. The average molecular weight is 573 g/mol. The highest BCUT2D eigenvalue weighted by Crippen LogP contribution is 2.30. The van der Waals surface area contributed by atoms with Crippen LogP contribution < -0.4 is 19.5 Å². The molecule has 0 aliphatic rings. The summed E-state index contributed by atoms with van der Waals surface area (Å²) in [6.07, 6.45) is 1.50. The van der Waals surface area contributed by atoms with Crippen LogP contribution in [0.5, 0.6) is 17.2 Å². The Hall–Kier alpha value is -4.44. The molecule has 0 heterocycles. The van der Waals surface area contributed by atoms with Crippen molar-refractivity contribution in [2.75, 3.05) is 11.9 Å². The van der Waals surface area contributed by atoms with E-state index in [9.17, 15) is 10.1 Å². The smallest absolute Gasteiger partial charge is 0.266 e. The molecule has 4 aromatic rings. The molecule has 0 radical (unpaired) electrons. The first-order valence-corrected chi connectivity index (χ1v) is 13.2. The zero-order chi connectivity index (χ0) is 28.3. The zero-order valence-corrected chi connectivity index (χ0v) is 23.2. The van der Waals surface area contributed by atoms with E-state index in [0.29, 0.717) is 58.4 Å². The maximum atomic E-state index is 12.8. The highest BCUT2D eigenvalue weighted by atomic mass is 35.5. The standard InChI is InChI=1S/C32H26Cl2N2O4/c1-2-38-31-18-23(8-15-30(31)40-21-24-4-3-5-27(34)17-24)16-25(19-35)32(37)36-28-11-13-29(14-12-28)39-20-22-6-9-26(33)10-7-22/h3-18H,2,20-21H2,1H3,(H,36,37)/b25-16+. The second-order valence-corrected chi connectivity index (χ2v) is 9.49. The van der Waals surface area contributed by atoms with Crippen LogP contribution in [0.2, 0.25) is 10.0 Å². The van der Waals surface area contributed by atoms with Gasteiger partial charge in [0.2, 0.25) is 0 Å². The minimum Gasteiger partial charge on any atom is -0.490 e. The summed E-state index contributed by atoms with van der Waals surface area (Å²) in [4.78, 5) is 12.8. The van der Waals surface area contributed by atoms with Crippen molar-refractivity contribution in [3.8, 4) is 23.3 Å². The number of nitrogens with zero attached hydrogens (tertiary/aromatic N) is 1. The molecule has 0 aromatic heterocycles. The number of ether oxygens (including phenoxy) is 3. The number of nitrogens with one attached hydrogen (secondary N) is 1. The van der Waals surface area contributed by atoms with Crippen LogP contribution in [0.15, 0.2) is 96.6 Å². The Morgan fingerprint density at radius 3 is 2.27 bits per heavy atom. The summed E-state index contributed by atoms with van der Waals surface area (Å²) in [5, 5.41) is 13.7. The van der Waals surface area contributed by atoms with Crippen molar-refractivity contribution >= 4 is 40.9 Å². The van der Waals surface area contributed by atoms with E-state index in [0.717, 1.165) is 11.1 Å². The Kier molecular flexibility index (Phi) is 10.1. The lowest BCUT2D eigenvalue weighted by atomic mass is 10.1. The Balaban J connectivity index is 1.39. The van der Waals surface area contributed by atoms with Crippen LogP contribution in [0.4, 0.5) is 5.69 Å². The number of benzene rings is 4. The summed E-state index contributed by atoms with van der Waals surface area (Å²) >= 11 is 12.0. The molecule has 0 aliphatic carbocycles. The molecule has 4 rings (SSSR count). The van der Waals surface area contributed by atoms with Crippen molar-refractivity contribution in [2.24, 2.45) is 0 Å². The van der Waals surface area contributed by atoms with E-state index in [1.54, 1.807) is 48.5 Å². The third-order valence-corrected chi connectivity index (χ3v) is 6.15. The number of anilines is 1. The molecule has 4 aromatic carbocycles. The molecule has 0 saturated carbocycles. The molecule has 0 spiro atoms. The predicted octanol–water partition coefficient (Wildman–Crippen LogP) is 8.10. The zero-order valence-electron chi connectivity index (χ0n) is 21.7. The van der Waals surface area contributed by atoms with Gasteiger partial charge in [-0.25, -0.2) is 0 Å². The lowest BCUT2D eigenvalue weighted by molar-refractivity contribution is -0.112. The Morgan fingerprint density at radius 1 is 0.825 bits per heavy atom. The molecule has 0 unspecified atom stereocenters. The van der Waals surface area contributed by atoms with Crippen LogP contribution in [0.1, 0.15) is 23.6 Å². The fourth-order valence-corrected chi connectivity index (χ4v) is 4.02. The fraction of sp³-hybridized carbons (Fsp3) is 0.125. The lowest BCUT2D eigenvalue weighted by Gasteiger charge is -2.13. The van der Waals surface area contributed by atoms with Crippen LogP contribution >= 0.6 is 23.2 Å². The van der Waals surface area contributed by atoms with Gasteiger partial charge in [-0.3, -0.25) is 4.79 Å². The quantitative estimate of drug-likeness (QED) is 0.145. The van der Waals surface area contributed by atoms with Gasteiger partial charge in [-0.2, -0.15) is 5.26 Å². The first-order valence-electron chi connectivity index (χ1n) is 12.5. The number of hydrogen-bond donors (Lipinski definition) is 1. The van der Waals surface area contributed by atoms with E-state index in [1.165, 1.54) is 6.08 Å². The number of halogens is 2. The van der Waals surface area contributed by atoms with Crippen LogP contribution in [0, 0.1) is 11.3 Å². The molecule has 40 heavy (non-hydrogen) atoms. The van der Waals surface area contributed by atoms with E-state index >= 15 is 0 Å². The topological polar surface area (TPSA) is 80.6 Å². The van der Waals surface area contributed by atoms with Gasteiger partial charge in [-0.05, 0) is 90.4 Å². The molecular formula is C32H26Cl2N2O4. The van der Waals surface area contributed by atoms with Gasteiger partial charge in [-0.1, -0.05) is 53.5 Å². The SMILES string of the molecule is CCOc1cc(/C=C(\C#N)C(=O)Nc2ccc(OCc3ccc(Cl)cc3)cc2)ccc1OCc1cccc(Cl)c1. The number of nitriles is 1. The number of rotatable bonds is 11. The van der Waals surface area contributed by atoms with Gasteiger partial charge < -0.3 is 19.5 Å². The van der Waals surface area contributed by atoms with Crippen LogP contribution in [-0.2, 0) is 18.0 Å². The summed E-state index contributed by atoms with van der Waals surface area (Å²) in [6, 6.07) is 28.9. The molecule has 0 atom stereocenters.